The lowest BCUT2D eigenvalue weighted by molar-refractivity contribution is 0.812. The molecule has 2 N–H and O–H groups in total. The Bertz CT molecular complexity index is 680. The lowest BCUT2D eigenvalue weighted by atomic mass is 10.2. The standard InChI is InChI=1S/C15H16N4S/c16-8-4-9-19(12-5-2-1-3-6-12)15-14-13(7-10-20-14)17-11-18-15/h1-3,5-7,10-11H,4,8-9,16H2. The van der Waals surface area contributed by atoms with Gasteiger partial charge in [-0.15, -0.1) is 11.3 Å². The summed E-state index contributed by atoms with van der Waals surface area (Å²) in [6.07, 6.45) is 2.55. The number of hydrogen-bond donors (Lipinski definition) is 1. The summed E-state index contributed by atoms with van der Waals surface area (Å²) in [6, 6.07) is 12.3. The quantitative estimate of drug-likeness (QED) is 0.782. The fraction of sp³-hybridized carbons (Fsp3) is 0.200. The van der Waals surface area contributed by atoms with E-state index >= 15 is 0 Å². The first-order valence-electron chi connectivity index (χ1n) is 6.61. The van der Waals surface area contributed by atoms with Gasteiger partial charge < -0.3 is 10.6 Å². The molecule has 1 aromatic carbocycles. The number of para-hydroxylation sites is 1. The van der Waals surface area contributed by atoms with Crippen molar-refractivity contribution in [2.45, 2.75) is 6.42 Å². The molecule has 4 nitrogen and oxygen atoms in total. The first kappa shape index (κ1) is 13.0. The van der Waals surface area contributed by atoms with Gasteiger partial charge in [0.25, 0.3) is 0 Å². The number of aromatic nitrogens is 2. The van der Waals surface area contributed by atoms with Crippen LogP contribution >= 0.6 is 11.3 Å². The van der Waals surface area contributed by atoms with Gasteiger partial charge in [0.1, 0.15) is 6.33 Å². The van der Waals surface area contributed by atoms with E-state index < -0.39 is 0 Å². The highest BCUT2D eigenvalue weighted by molar-refractivity contribution is 7.17. The summed E-state index contributed by atoms with van der Waals surface area (Å²) in [5.41, 5.74) is 7.80. The number of anilines is 2. The largest absolute Gasteiger partial charge is 0.330 e. The van der Waals surface area contributed by atoms with Crippen LogP contribution in [0.15, 0.2) is 48.1 Å². The molecule has 0 atom stereocenters. The van der Waals surface area contributed by atoms with Crippen molar-refractivity contribution in [3.63, 3.8) is 0 Å². The predicted octanol–water partition coefficient (Wildman–Crippen LogP) is 3.18. The molecule has 2 aromatic heterocycles. The summed E-state index contributed by atoms with van der Waals surface area (Å²) in [5, 5.41) is 2.05. The van der Waals surface area contributed by atoms with Crippen LogP contribution in [-0.4, -0.2) is 23.1 Å². The van der Waals surface area contributed by atoms with Crippen LogP contribution < -0.4 is 10.6 Å². The van der Waals surface area contributed by atoms with E-state index in [-0.39, 0.29) is 0 Å². The number of thiophene rings is 1. The molecular weight excluding hydrogens is 268 g/mol. The SMILES string of the molecule is NCCCN(c1ccccc1)c1ncnc2ccsc12. The van der Waals surface area contributed by atoms with Gasteiger partial charge in [-0.3, -0.25) is 0 Å². The number of benzene rings is 1. The molecule has 0 bridgehead atoms. The molecule has 0 spiro atoms. The van der Waals surface area contributed by atoms with E-state index in [2.05, 4.69) is 32.4 Å². The number of fused-ring (bicyclic) bond motifs is 1. The van der Waals surface area contributed by atoms with Crippen molar-refractivity contribution in [2.75, 3.05) is 18.0 Å². The van der Waals surface area contributed by atoms with Crippen LogP contribution in [0.1, 0.15) is 6.42 Å². The molecule has 0 saturated carbocycles. The molecule has 2 heterocycles. The van der Waals surface area contributed by atoms with Crippen molar-refractivity contribution in [3.05, 3.63) is 48.1 Å². The number of nitrogens with two attached hydrogens (primary N) is 1. The topological polar surface area (TPSA) is 55.0 Å². The highest BCUT2D eigenvalue weighted by Gasteiger charge is 2.14. The second kappa shape index (κ2) is 5.98. The van der Waals surface area contributed by atoms with Gasteiger partial charge in [0.15, 0.2) is 5.82 Å². The molecule has 20 heavy (non-hydrogen) atoms. The third-order valence-electron chi connectivity index (χ3n) is 3.13. The Morgan fingerprint density at radius 2 is 1.95 bits per heavy atom. The van der Waals surface area contributed by atoms with Gasteiger partial charge in [-0.1, -0.05) is 18.2 Å². The number of nitrogens with zero attached hydrogens (tertiary/aromatic N) is 3. The van der Waals surface area contributed by atoms with Crippen molar-refractivity contribution >= 4 is 33.1 Å². The Morgan fingerprint density at radius 1 is 1.10 bits per heavy atom. The third-order valence-corrected chi connectivity index (χ3v) is 4.03. The zero-order chi connectivity index (χ0) is 13.8. The normalized spacial score (nSPS) is 10.8. The minimum absolute atomic E-state index is 0.669. The predicted molar refractivity (Wildman–Crippen MR) is 84.5 cm³/mol. The maximum absolute atomic E-state index is 5.67. The van der Waals surface area contributed by atoms with E-state index in [1.807, 2.05) is 24.3 Å². The van der Waals surface area contributed by atoms with E-state index in [1.165, 1.54) is 0 Å². The zero-order valence-corrected chi connectivity index (χ0v) is 11.9. The van der Waals surface area contributed by atoms with Crippen LogP contribution in [0.2, 0.25) is 0 Å². The van der Waals surface area contributed by atoms with Crippen LogP contribution in [0, 0.1) is 0 Å². The van der Waals surface area contributed by atoms with E-state index in [9.17, 15) is 0 Å². The molecule has 3 aromatic rings. The van der Waals surface area contributed by atoms with Crippen LogP contribution in [0.5, 0.6) is 0 Å². The van der Waals surface area contributed by atoms with E-state index in [4.69, 9.17) is 5.73 Å². The Balaban J connectivity index is 2.07. The van der Waals surface area contributed by atoms with Crippen molar-refractivity contribution in [2.24, 2.45) is 5.73 Å². The molecule has 0 aliphatic heterocycles. The monoisotopic (exact) mass is 284 g/mol. The van der Waals surface area contributed by atoms with Crippen molar-refractivity contribution in [3.8, 4) is 0 Å². The van der Waals surface area contributed by atoms with Gasteiger partial charge in [0.05, 0.1) is 10.2 Å². The maximum Gasteiger partial charge on any atom is 0.154 e. The molecule has 0 aliphatic carbocycles. The lowest BCUT2D eigenvalue weighted by Gasteiger charge is -2.24. The fourth-order valence-electron chi connectivity index (χ4n) is 2.18. The molecule has 0 unspecified atom stereocenters. The fourth-order valence-corrected chi connectivity index (χ4v) is 3.03. The minimum atomic E-state index is 0.669. The van der Waals surface area contributed by atoms with Crippen molar-refractivity contribution in [1.29, 1.82) is 0 Å². The van der Waals surface area contributed by atoms with E-state index in [1.54, 1.807) is 17.7 Å². The van der Waals surface area contributed by atoms with Crippen LogP contribution in [-0.2, 0) is 0 Å². The van der Waals surface area contributed by atoms with Gasteiger partial charge in [0, 0.05) is 12.2 Å². The van der Waals surface area contributed by atoms with Crippen LogP contribution in [0.4, 0.5) is 11.5 Å². The molecular formula is C15H16N4S. The summed E-state index contributed by atoms with van der Waals surface area (Å²) >= 11 is 1.67. The summed E-state index contributed by atoms with van der Waals surface area (Å²) in [7, 11) is 0. The molecule has 0 aliphatic rings. The molecule has 0 fully saturated rings. The molecule has 0 radical (unpaired) electrons. The van der Waals surface area contributed by atoms with Gasteiger partial charge in [-0.25, -0.2) is 9.97 Å². The first-order valence-corrected chi connectivity index (χ1v) is 7.49. The second-order valence-electron chi connectivity index (χ2n) is 4.46. The Hall–Kier alpha value is -1.98. The lowest BCUT2D eigenvalue weighted by Crippen LogP contribution is -2.22. The number of rotatable bonds is 5. The van der Waals surface area contributed by atoms with Crippen molar-refractivity contribution < 1.29 is 0 Å². The second-order valence-corrected chi connectivity index (χ2v) is 5.38. The van der Waals surface area contributed by atoms with Crippen LogP contribution in [0.3, 0.4) is 0 Å². The molecule has 5 heteroatoms. The first-order chi connectivity index (χ1) is 9.90. The molecule has 3 rings (SSSR count). The summed E-state index contributed by atoms with van der Waals surface area (Å²) in [5.74, 6) is 0.963. The average Bonchev–Trinajstić information content (AvgIpc) is 2.98. The maximum atomic E-state index is 5.67. The smallest absolute Gasteiger partial charge is 0.154 e. The molecule has 0 amide bonds. The van der Waals surface area contributed by atoms with Gasteiger partial charge >= 0.3 is 0 Å². The van der Waals surface area contributed by atoms with Crippen LogP contribution in [0.25, 0.3) is 10.2 Å². The molecule has 0 saturated heterocycles. The van der Waals surface area contributed by atoms with Gasteiger partial charge in [0.2, 0.25) is 0 Å². The Labute approximate surface area is 121 Å². The number of hydrogen-bond acceptors (Lipinski definition) is 5. The van der Waals surface area contributed by atoms with E-state index in [0.29, 0.717) is 6.54 Å². The van der Waals surface area contributed by atoms with Gasteiger partial charge in [-0.05, 0) is 36.5 Å². The summed E-state index contributed by atoms with van der Waals surface area (Å²) in [6.45, 7) is 1.52. The average molecular weight is 284 g/mol. The van der Waals surface area contributed by atoms with Crippen molar-refractivity contribution in [1.82, 2.24) is 9.97 Å². The zero-order valence-electron chi connectivity index (χ0n) is 11.1. The van der Waals surface area contributed by atoms with E-state index in [0.717, 1.165) is 34.7 Å². The third kappa shape index (κ3) is 2.50. The Morgan fingerprint density at radius 3 is 2.75 bits per heavy atom. The summed E-state index contributed by atoms with van der Waals surface area (Å²) in [4.78, 5) is 11.0. The highest BCUT2D eigenvalue weighted by atomic mass is 32.1. The summed E-state index contributed by atoms with van der Waals surface area (Å²) < 4.78 is 1.12. The molecule has 102 valence electrons. The van der Waals surface area contributed by atoms with Gasteiger partial charge in [-0.2, -0.15) is 0 Å². The highest BCUT2D eigenvalue weighted by Crippen LogP contribution is 2.32. The minimum Gasteiger partial charge on any atom is -0.330 e. The Kier molecular flexibility index (Phi) is 3.90.